The van der Waals surface area contributed by atoms with Crippen molar-refractivity contribution in [1.29, 1.82) is 0 Å². The van der Waals surface area contributed by atoms with E-state index in [4.69, 9.17) is 4.52 Å². The third-order valence-corrected chi connectivity index (χ3v) is 6.29. The van der Waals surface area contributed by atoms with Crippen molar-refractivity contribution in [2.75, 3.05) is 0 Å². The molecule has 6 nitrogen and oxygen atoms in total. The number of rotatable bonds is 6. The normalized spacial score (nSPS) is 11.7. The van der Waals surface area contributed by atoms with Crippen LogP contribution in [0.2, 0.25) is 0 Å². The summed E-state index contributed by atoms with van der Waals surface area (Å²) in [5, 5.41) is 3.86. The van der Waals surface area contributed by atoms with Crippen LogP contribution in [0.3, 0.4) is 0 Å². The van der Waals surface area contributed by atoms with Crippen molar-refractivity contribution in [3.63, 3.8) is 0 Å². The molecule has 0 saturated carbocycles. The summed E-state index contributed by atoms with van der Waals surface area (Å²) in [5.74, 6) is 0.656. The van der Waals surface area contributed by atoms with E-state index in [1.165, 1.54) is 11.3 Å². The molecule has 3 aromatic rings. The molecule has 3 rings (SSSR count). The first-order valence-corrected chi connectivity index (χ1v) is 9.35. The highest BCUT2D eigenvalue weighted by Gasteiger charge is 2.18. The van der Waals surface area contributed by atoms with Gasteiger partial charge in [0.2, 0.25) is 11.7 Å². The molecule has 0 bridgehead atoms. The summed E-state index contributed by atoms with van der Waals surface area (Å²) >= 11 is 1.26. The summed E-state index contributed by atoms with van der Waals surface area (Å²) in [7, 11) is -3.56. The summed E-state index contributed by atoms with van der Waals surface area (Å²) in [4.78, 5) is 5.22. The lowest BCUT2D eigenvalue weighted by atomic mass is 10.2. The van der Waals surface area contributed by atoms with Crippen LogP contribution in [0.25, 0.3) is 11.4 Å². The summed E-state index contributed by atoms with van der Waals surface area (Å²) < 4.78 is 32.3. The molecule has 0 fully saturated rings. The lowest BCUT2D eigenvalue weighted by Crippen LogP contribution is -2.22. The van der Waals surface area contributed by atoms with Crippen LogP contribution in [-0.4, -0.2) is 18.6 Å². The average Bonchev–Trinajstić information content (AvgIpc) is 3.23. The molecule has 120 valence electrons. The Labute approximate surface area is 138 Å². The molecule has 1 N–H and O–H groups in total. The van der Waals surface area contributed by atoms with E-state index in [1.807, 2.05) is 43.3 Å². The first-order valence-electron chi connectivity index (χ1n) is 7.05. The van der Waals surface area contributed by atoms with Gasteiger partial charge in [-0.3, -0.25) is 0 Å². The quantitative estimate of drug-likeness (QED) is 0.739. The molecular formula is C15H15N3O3S2. The van der Waals surface area contributed by atoms with E-state index in [9.17, 15) is 8.42 Å². The van der Waals surface area contributed by atoms with Crippen molar-refractivity contribution >= 4 is 21.4 Å². The fourth-order valence-corrected chi connectivity index (χ4v) is 4.27. The van der Waals surface area contributed by atoms with Gasteiger partial charge in [0.1, 0.15) is 4.21 Å². The number of thiophene rings is 1. The van der Waals surface area contributed by atoms with Crippen LogP contribution in [-0.2, 0) is 23.0 Å². The number of aryl methyl sites for hydroxylation is 1. The molecule has 0 amide bonds. The third-order valence-electron chi connectivity index (χ3n) is 3.16. The van der Waals surface area contributed by atoms with Crippen molar-refractivity contribution in [3.05, 3.63) is 53.2 Å². The Bertz CT molecular complexity index is 886. The first-order chi connectivity index (χ1) is 11.1. The molecule has 0 saturated heterocycles. The highest BCUT2D eigenvalue weighted by atomic mass is 32.2. The predicted octanol–water partition coefficient (Wildman–Crippen LogP) is 2.84. The van der Waals surface area contributed by atoms with Crippen LogP contribution >= 0.6 is 11.3 Å². The van der Waals surface area contributed by atoms with Crippen molar-refractivity contribution in [2.45, 2.75) is 24.1 Å². The van der Waals surface area contributed by atoms with Gasteiger partial charge in [-0.15, -0.1) is 11.3 Å². The van der Waals surface area contributed by atoms with Gasteiger partial charge in [0.15, 0.2) is 0 Å². The Morgan fingerprint density at radius 3 is 2.65 bits per heavy atom. The minimum atomic E-state index is -3.56. The van der Waals surface area contributed by atoms with Crippen LogP contribution in [0.15, 0.2) is 51.2 Å². The number of aromatic nitrogens is 2. The molecule has 0 aliphatic heterocycles. The van der Waals surface area contributed by atoms with Gasteiger partial charge in [-0.1, -0.05) is 42.4 Å². The highest BCUT2D eigenvalue weighted by Crippen LogP contribution is 2.22. The number of nitrogens with zero attached hydrogens (tertiary/aromatic N) is 2. The minimum absolute atomic E-state index is 0.0402. The lowest BCUT2D eigenvalue weighted by molar-refractivity contribution is 0.376. The first kappa shape index (κ1) is 15.9. The minimum Gasteiger partial charge on any atom is -0.338 e. The molecule has 0 radical (unpaired) electrons. The van der Waals surface area contributed by atoms with Crippen molar-refractivity contribution < 1.29 is 12.9 Å². The van der Waals surface area contributed by atoms with Gasteiger partial charge in [-0.25, -0.2) is 13.1 Å². The van der Waals surface area contributed by atoms with E-state index >= 15 is 0 Å². The smallest absolute Gasteiger partial charge is 0.250 e. The molecule has 0 atom stereocenters. The summed E-state index contributed by atoms with van der Waals surface area (Å²) in [6.45, 7) is 1.95. The zero-order valence-electron chi connectivity index (χ0n) is 12.4. The maximum absolute atomic E-state index is 12.2. The summed E-state index contributed by atoms with van der Waals surface area (Å²) in [6, 6.07) is 12.8. The second-order valence-electron chi connectivity index (χ2n) is 4.78. The SMILES string of the molecule is CCc1ccc(S(=O)(=O)NCc2nc(-c3ccccc3)no2)s1. The molecule has 8 heteroatoms. The summed E-state index contributed by atoms with van der Waals surface area (Å²) in [5.41, 5.74) is 0.816. The fraction of sp³-hybridized carbons (Fsp3) is 0.200. The second-order valence-corrected chi connectivity index (χ2v) is 7.94. The molecule has 2 heterocycles. The molecular weight excluding hydrogens is 334 g/mol. The van der Waals surface area contributed by atoms with Crippen molar-refractivity contribution in [1.82, 2.24) is 14.9 Å². The zero-order valence-corrected chi connectivity index (χ0v) is 14.0. The molecule has 0 aliphatic rings. The van der Waals surface area contributed by atoms with Gasteiger partial charge in [0, 0.05) is 10.4 Å². The maximum Gasteiger partial charge on any atom is 0.250 e. The number of sulfonamides is 1. The van der Waals surface area contributed by atoms with Crippen molar-refractivity contribution in [2.24, 2.45) is 0 Å². The monoisotopic (exact) mass is 349 g/mol. The Kier molecular flexibility index (Phi) is 4.56. The molecule has 0 unspecified atom stereocenters. The van der Waals surface area contributed by atoms with Crippen molar-refractivity contribution in [3.8, 4) is 11.4 Å². The van der Waals surface area contributed by atoms with Gasteiger partial charge in [-0.2, -0.15) is 4.98 Å². The van der Waals surface area contributed by atoms with E-state index in [-0.39, 0.29) is 16.6 Å². The molecule has 1 aromatic carbocycles. The largest absolute Gasteiger partial charge is 0.338 e. The number of nitrogens with one attached hydrogen (secondary N) is 1. The van der Waals surface area contributed by atoms with E-state index in [2.05, 4.69) is 14.9 Å². The van der Waals surface area contributed by atoms with Gasteiger partial charge < -0.3 is 4.52 Å². The topological polar surface area (TPSA) is 85.1 Å². The van der Waals surface area contributed by atoms with E-state index in [1.54, 1.807) is 6.07 Å². The fourth-order valence-electron chi connectivity index (χ4n) is 1.95. The van der Waals surface area contributed by atoms with Crippen LogP contribution in [0.4, 0.5) is 0 Å². The standard InChI is InChI=1S/C15H15N3O3S2/c1-2-12-8-9-14(22-12)23(19,20)16-10-13-17-15(18-21-13)11-6-4-3-5-7-11/h3-9,16H,2,10H2,1H3. The van der Waals surface area contributed by atoms with Gasteiger partial charge in [0.05, 0.1) is 6.54 Å². The number of hydrogen-bond donors (Lipinski definition) is 1. The van der Waals surface area contributed by atoms with Crippen LogP contribution in [0, 0.1) is 0 Å². The van der Waals surface area contributed by atoms with Crippen LogP contribution < -0.4 is 4.72 Å². The van der Waals surface area contributed by atoms with Gasteiger partial charge >= 0.3 is 0 Å². The molecule has 0 aliphatic carbocycles. The Morgan fingerprint density at radius 1 is 1.17 bits per heavy atom. The van der Waals surface area contributed by atoms with Crippen LogP contribution in [0.5, 0.6) is 0 Å². The zero-order chi connectivity index (χ0) is 16.3. The Morgan fingerprint density at radius 2 is 1.96 bits per heavy atom. The molecule has 23 heavy (non-hydrogen) atoms. The second kappa shape index (κ2) is 6.61. The Hall–Kier alpha value is -2.03. The Balaban J connectivity index is 1.70. The highest BCUT2D eigenvalue weighted by molar-refractivity contribution is 7.91. The van der Waals surface area contributed by atoms with E-state index in [0.717, 1.165) is 16.9 Å². The number of hydrogen-bond acceptors (Lipinski definition) is 6. The molecule has 0 spiro atoms. The van der Waals surface area contributed by atoms with Gasteiger partial charge in [-0.05, 0) is 18.6 Å². The molecule has 2 aromatic heterocycles. The maximum atomic E-state index is 12.2. The number of benzene rings is 1. The van der Waals surface area contributed by atoms with Gasteiger partial charge in [0.25, 0.3) is 10.0 Å². The predicted molar refractivity (Wildman–Crippen MR) is 87.5 cm³/mol. The average molecular weight is 349 g/mol. The lowest BCUT2D eigenvalue weighted by Gasteiger charge is -2.01. The summed E-state index contributed by atoms with van der Waals surface area (Å²) in [6.07, 6.45) is 0.810. The van der Waals surface area contributed by atoms with E-state index in [0.29, 0.717) is 5.82 Å². The van der Waals surface area contributed by atoms with E-state index < -0.39 is 10.0 Å². The third kappa shape index (κ3) is 3.66. The van der Waals surface area contributed by atoms with Crippen LogP contribution in [0.1, 0.15) is 17.7 Å².